The molecule has 29 heavy (non-hydrogen) atoms. The van der Waals surface area contributed by atoms with E-state index in [-0.39, 0.29) is 17.6 Å². The largest absolute Gasteiger partial charge is 0.418 e. The zero-order valence-electron chi connectivity index (χ0n) is 15.6. The van der Waals surface area contributed by atoms with Crippen LogP contribution in [0.25, 0.3) is 0 Å². The predicted octanol–water partition coefficient (Wildman–Crippen LogP) is 5.44. The van der Waals surface area contributed by atoms with Gasteiger partial charge in [-0.2, -0.15) is 13.2 Å². The molecule has 4 rings (SSSR count). The molecule has 0 bridgehead atoms. The molecule has 1 aromatic heterocycles. The first-order valence-electron chi connectivity index (χ1n) is 9.14. The van der Waals surface area contributed by atoms with Gasteiger partial charge in [-0.05, 0) is 43.2 Å². The van der Waals surface area contributed by atoms with E-state index in [1.54, 1.807) is 4.90 Å². The maximum Gasteiger partial charge on any atom is 0.418 e. The van der Waals surface area contributed by atoms with Crippen molar-refractivity contribution in [2.75, 3.05) is 10.2 Å². The molecule has 148 valence electrons. The van der Waals surface area contributed by atoms with Crippen molar-refractivity contribution in [3.63, 3.8) is 0 Å². The van der Waals surface area contributed by atoms with Crippen molar-refractivity contribution in [3.8, 4) is 0 Å². The number of para-hydroxylation sites is 2. The van der Waals surface area contributed by atoms with Gasteiger partial charge in [0.15, 0.2) is 0 Å². The predicted molar refractivity (Wildman–Crippen MR) is 105 cm³/mol. The molecule has 4 nitrogen and oxygen atoms in total. The lowest BCUT2D eigenvalue weighted by atomic mass is 10.1. The highest BCUT2D eigenvalue weighted by Crippen LogP contribution is 2.36. The Morgan fingerprint density at radius 2 is 1.83 bits per heavy atom. The second-order valence-electron chi connectivity index (χ2n) is 6.99. The number of anilines is 3. The number of hydrogen-bond donors (Lipinski definition) is 1. The number of fused-ring (bicyclic) bond motifs is 1. The van der Waals surface area contributed by atoms with E-state index in [9.17, 15) is 18.0 Å². The molecule has 0 aliphatic carbocycles. The van der Waals surface area contributed by atoms with Crippen LogP contribution in [-0.2, 0) is 12.6 Å². The van der Waals surface area contributed by atoms with Gasteiger partial charge in [0.05, 0.1) is 28.7 Å². The Morgan fingerprint density at radius 3 is 2.62 bits per heavy atom. The van der Waals surface area contributed by atoms with Gasteiger partial charge in [0, 0.05) is 17.9 Å². The summed E-state index contributed by atoms with van der Waals surface area (Å²) in [7, 11) is 0. The van der Waals surface area contributed by atoms with Crippen LogP contribution >= 0.6 is 0 Å². The van der Waals surface area contributed by atoms with Crippen LogP contribution in [0.1, 0.15) is 28.4 Å². The van der Waals surface area contributed by atoms with E-state index < -0.39 is 11.7 Å². The van der Waals surface area contributed by atoms with E-state index in [4.69, 9.17) is 0 Å². The van der Waals surface area contributed by atoms with Crippen molar-refractivity contribution >= 4 is 23.0 Å². The summed E-state index contributed by atoms with van der Waals surface area (Å²) in [5.74, 6) is -0.234. The van der Waals surface area contributed by atoms with Crippen LogP contribution in [0.4, 0.5) is 30.2 Å². The molecule has 2 aromatic carbocycles. The number of nitrogens with one attached hydrogen (secondary N) is 1. The first-order chi connectivity index (χ1) is 13.8. The summed E-state index contributed by atoms with van der Waals surface area (Å²) in [5, 5.41) is 2.74. The van der Waals surface area contributed by atoms with Crippen molar-refractivity contribution in [2.45, 2.75) is 25.6 Å². The zero-order valence-corrected chi connectivity index (χ0v) is 15.6. The van der Waals surface area contributed by atoms with Crippen LogP contribution < -0.4 is 10.2 Å². The number of carbonyl (C=O) groups excluding carboxylic acids is 1. The fraction of sp³-hybridized carbons (Fsp3) is 0.182. The number of pyridine rings is 1. The Bertz CT molecular complexity index is 1060. The third-order valence-electron chi connectivity index (χ3n) is 4.92. The fourth-order valence-electron chi connectivity index (χ4n) is 3.63. The average molecular weight is 397 g/mol. The molecular weight excluding hydrogens is 379 g/mol. The van der Waals surface area contributed by atoms with Gasteiger partial charge in [0.1, 0.15) is 0 Å². The Kier molecular flexibility index (Phi) is 4.74. The average Bonchev–Trinajstić information content (AvgIpc) is 3.03. The monoisotopic (exact) mass is 397 g/mol. The molecular formula is C22H18F3N3O. The Morgan fingerprint density at radius 1 is 1.10 bits per heavy atom. The molecule has 0 fully saturated rings. The van der Waals surface area contributed by atoms with Gasteiger partial charge in [-0.1, -0.05) is 30.3 Å². The van der Waals surface area contributed by atoms with E-state index in [1.165, 1.54) is 36.7 Å². The van der Waals surface area contributed by atoms with Gasteiger partial charge < -0.3 is 10.2 Å². The van der Waals surface area contributed by atoms with Crippen LogP contribution in [0.5, 0.6) is 0 Å². The number of hydrogen-bond acceptors (Lipinski definition) is 3. The van der Waals surface area contributed by atoms with E-state index in [2.05, 4.69) is 10.3 Å². The normalized spacial score (nSPS) is 15.9. The number of amides is 1. The van der Waals surface area contributed by atoms with Gasteiger partial charge in [0.2, 0.25) is 0 Å². The van der Waals surface area contributed by atoms with Gasteiger partial charge in [-0.25, -0.2) is 0 Å². The first kappa shape index (κ1) is 19.0. The van der Waals surface area contributed by atoms with E-state index in [0.717, 1.165) is 23.7 Å². The number of benzene rings is 2. The highest BCUT2D eigenvalue weighted by atomic mass is 19.4. The maximum atomic E-state index is 13.2. The lowest BCUT2D eigenvalue weighted by Gasteiger charge is -2.23. The molecule has 2 heterocycles. The number of rotatable bonds is 3. The zero-order chi connectivity index (χ0) is 20.6. The first-order valence-corrected chi connectivity index (χ1v) is 9.14. The number of halogens is 3. The SMILES string of the molecule is CC1Cc2ccccc2N1C(=O)c1cncc(Nc2ccccc2C(F)(F)F)c1. The summed E-state index contributed by atoms with van der Waals surface area (Å²) in [6, 6.07) is 14.4. The number of nitrogens with zero attached hydrogens (tertiary/aromatic N) is 2. The second kappa shape index (κ2) is 7.24. The number of aromatic nitrogens is 1. The highest BCUT2D eigenvalue weighted by molar-refractivity contribution is 6.08. The highest BCUT2D eigenvalue weighted by Gasteiger charge is 2.34. The third kappa shape index (κ3) is 3.68. The molecule has 7 heteroatoms. The molecule has 1 aliphatic heterocycles. The molecule has 0 saturated carbocycles. The number of carbonyl (C=O) groups is 1. The van der Waals surface area contributed by atoms with Crippen LogP contribution in [0, 0.1) is 0 Å². The standard InChI is InChI=1S/C22H18F3N3O/c1-14-10-15-6-2-5-9-20(15)28(14)21(29)16-11-17(13-26-12-16)27-19-8-4-3-7-18(19)22(23,24)25/h2-9,11-14,27H,10H2,1H3. The van der Waals surface area contributed by atoms with Crippen molar-refractivity contribution in [1.82, 2.24) is 4.98 Å². The molecule has 1 unspecified atom stereocenters. The van der Waals surface area contributed by atoms with Crippen LogP contribution in [-0.4, -0.2) is 16.9 Å². The summed E-state index contributed by atoms with van der Waals surface area (Å²) < 4.78 is 39.7. The Hall–Kier alpha value is -3.35. The van der Waals surface area contributed by atoms with Gasteiger partial charge in [0.25, 0.3) is 5.91 Å². The molecule has 3 aromatic rings. The van der Waals surface area contributed by atoms with Gasteiger partial charge >= 0.3 is 6.18 Å². The lowest BCUT2D eigenvalue weighted by molar-refractivity contribution is -0.136. The third-order valence-corrected chi connectivity index (χ3v) is 4.92. The molecule has 1 aliphatic rings. The minimum Gasteiger partial charge on any atom is -0.354 e. The summed E-state index contributed by atoms with van der Waals surface area (Å²) >= 11 is 0. The van der Waals surface area contributed by atoms with Crippen molar-refractivity contribution in [1.29, 1.82) is 0 Å². The summed E-state index contributed by atoms with van der Waals surface area (Å²) in [5.41, 5.74) is 1.70. The molecule has 1 amide bonds. The molecule has 1 atom stereocenters. The molecule has 1 N–H and O–H groups in total. The quantitative estimate of drug-likeness (QED) is 0.641. The van der Waals surface area contributed by atoms with Crippen molar-refractivity contribution in [2.24, 2.45) is 0 Å². The minimum absolute atomic E-state index is 0.0116. The summed E-state index contributed by atoms with van der Waals surface area (Å²) in [6.45, 7) is 1.97. The Balaban J connectivity index is 1.63. The molecule has 0 saturated heterocycles. The van der Waals surface area contributed by atoms with E-state index in [1.807, 2.05) is 31.2 Å². The van der Waals surface area contributed by atoms with Crippen molar-refractivity contribution < 1.29 is 18.0 Å². The minimum atomic E-state index is -4.49. The van der Waals surface area contributed by atoms with E-state index >= 15 is 0 Å². The summed E-state index contributed by atoms with van der Waals surface area (Å²) in [6.07, 6.45) is -0.909. The van der Waals surface area contributed by atoms with Crippen LogP contribution in [0.15, 0.2) is 67.0 Å². The second-order valence-corrected chi connectivity index (χ2v) is 6.99. The van der Waals surface area contributed by atoms with Crippen LogP contribution in [0.2, 0.25) is 0 Å². The number of alkyl halides is 3. The summed E-state index contributed by atoms with van der Waals surface area (Å²) in [4.78, 5) is 18.9. The lowest BCUT2D eigenvalue weighted by Crippen LogP contribution is -2.35. The van der Waals surface area contributed by atoms with Gasteiger partial charge in [-0.3, -0.25) is 9.78 Å². The van der Waals surface area contributed by atoms with Crippen molar-refractivity contribution in [3.05, 3.63) is 83.7 Å². The topological polar surface area (TPSA) is 45.2 Å². The van der Waals surface area contributed by atoms with Gasteiger partial charge in [-0.15, -0.1) is 0 Å². The van der Waals surface area contributed by atoms with Crippen LogP contribution in [0.3, 0.4) is 0 Å². The Labute approximate surface area is 166 Å². The fourth-order valence-corrected chi connectivity index (χ4v) is 3.63. The smallest absolute Gasteiger partial charge is 0.354 e. The maximum absolute atomic E-state index is 13.2. The molecule has 0 spiro atoms. The molecule has 0 radical (unpaired) electrons. The van der Waals surface area contributed by atoms with E-state index in [0.29, 0.717) is 11.3 Å².